The molecule has 1 aliphatic carbocycles. The molecule has 162 valence electrons. The number of amides is 1. The molecule has 1 saturated carbocycles. The van der Waals surface area contributed by atoms with E-state index >= 15 is 0 Å². The minimum absolute atomic E-state index is 0.112. The zero-order chi connectivity index (χ0) is 21.9. The second-order valence-electron chi connectivity index (χ2n) is 8.33. The molecule has 1 amide bonds. The summed E-state index contributed by atoms with van der Waals surface area (Å²) in [7, 11) is 0. The van der Waals surface area contributed by atoms with Crippen LogP contribution in [0, 0.1) is 0 Å². The number of benzene rings is 2. The predicted octanol–water partition coefficient (Wildman–Crippen LogP) is 6.19. The Morgan fingerprint density at radius 2 is 1.84 bits per heavy atom. The van der Waals surface area contributed by atoms with E-state index in [0.29, 0.717) is 23.2 Å². The van der Waals surface area contributed by atoms with Crippen LogP contribution in [0.3, 0.4) is 0 Å². The molecule has 1 fully saturated rings. The summed E-state index contributed by atoms with van der Waals surface area (Å²) < 4.78 is 2.31. The van der Waals surface area contributed by atoms with E-state index in [-0.39, 0.29) is 5.91 Å². The number of rotatable bonds is 5. The van der Waals surface area contributed by atoms with Crippen molar-refractivity contribution in [1.82, 2.24) is 19.9 Å². The number of nitrogens with zero attached hydrogens (tertiary/aromatic N) is 3. The second-order valence-corrected chi connectivity index (χ2v) is 8.77. The normalized spacial score (nSPS) is 14.5. The monoisotopic (exact) mass is 444 g/mol. The Labute approximate surface area is 192 Å². The molecule has 0 spiro atoms. The number of hydrogen-bond donors (Lipinski definition) is 1. The van der Waals surface area contributed by atoms with E-state index in [9.17, 15) is 4.79 Å². The van der Waals surface area contributed by atoms with Crippen LogP contribution in [-0.2, 0) is 6.54 Å². The first-order valence-corrected chi connectivity index (χ1v) is 11.5. The molecule has 2 heterocycles. The summed E-state index contributed by atoms with van der Waals surface area (Å²) in [6.07, 6.45) is 7.91. The molecule has 0 unspecified atom stereocenters. The summed E-state index contributed by atoms with van der Waals surface area (Å²) in [6.45, 7) is 0.435. The Bertz CT molecular complexity index is 1240. The molecule has 2 aromatic heterocycles. The van der Waals surface area contributed by atoms with Crippen molar-refractivity contribution in [3.05, 3.63) is 83.0 Å². The van der Waals surface area contributed by atoms with Crippen LogP contribution in [0.25, 0.3) is 22.6 Å². The molecule has 2 aromatic carbocycles. The minimum Gasteiger partial charge on any atom is -0.348 e. The summed E-state index contributed by atoms with van der Waals surface area (Å²) >= 11 is 6.03. The fourth-order valence-corrected chi connectivity index (χ4v) is 4.73. The number of halogens is 1. The molecule has 1 aliphatic rings. The van der Waals surface area contributed by atoms with Gasteiger partial charge in [0.05, 0.1) is 0 Å². The lowest BCUT2D eigenvalue weighted by molar-refractivity contribution is 0.0951. The van der Waals surface area contributed by atoms with Crippen molar-refractivity contribution in [3.63, 3.8) is 0 Å². The molecular weight excluding hydrogens is 420 g/mol. The third-order valence-corrected chi connectivity index (χ3v) is 6.37. The van der Waals surface area contributed by atoms with Gasteiger partial charge in [-0.15, -0.1) is 0 Å². The lowest BCUT2D eigenvalue weighted by Gasteiger charge is -2.25. The predicted molar refractivity (Wildman–Crippen MR) is 128 cm³/mol. The van der Waals surface area contributed by atoms with E-state index in [1.165, 1.54) is 19.3 Å². The third-order valence-electron chi connectivity index (χ3n) is 6.14. The first-order chi connectivity index (χ1) is 15.7. The topological polar surface area (TPSA) is 59.8 Å². The number of carbonyl (C=O) groups excluding carboxylic acids is 1. The molecule has 5 rings (SSSR count). The van der Waals surface area contributed by atoms with Crippen molar-refractivity contribution >= 4 is 28.7 Å². The van der Waals surface area contributed by atoms with Gasteiger partial charge in [0.1, 0.15) is 11.3 Å². The van der Waals surface area contributed by atoms with Crippen molar-refractivity contribution in [2.45, 2.75) is 44.7 Å². The molecule has 1 N–H and O–H groups in total. The van der Waals surface area contributed by atoms with Gasteiger partial charge in [0.25, 0.3) is 5.91 Å². The summed E-state index contributed by atoms with van der Waals surface area (Å²) in [5.74, 6) is 0.815. The summed E-state index contributed by atoms with van der Waals surface area (Å²) in [5, 5.41) is 3.62. The number of hydrogen-bond acceptors (Lipinski definition) is 3. The number of pyridine rings is 1. The van der Waals surface area contributed by atoms with E-state index in [2.05, 4.69) is 14.9 Å². The number of aromatic nitrogens is 3. The second kappa shape index (κ2) is 9.13. The number of imidazole rings is 1. The Morgan fingerprint density at radius 3 is 2.62 bits per heavy atom. The molecule has 6 heteroatoms. The zero-order valence-corrected chi connectivity index (χ0v) is 18.6. The van der Waals surface area contributed by atoms with Gasteiger partial charge in [0, 0.05) is 34.9 Å². The van der Waals surface area contributed by atoms with Crippen LogP contribution in [0.4, 0.5) is 0 Å². The quantitative estimate of drug-likeness (QED) is 0.399. The van der Waals surface area contributed by atoms with Gasteiger partial charge in [-0.3, -0.25) is 4.79 Å². The smallest absolute Gasteiger partial charge is 0.251 e. The molecule has 0 radical (unpaired) electrons. The van der Waals surface area contributed by atoms with E-state index < -0.39 is 0 Å². The fraction of sp³-hybridized carbons (Fsp3) is 0.269. The molecule has 0 atom stereocenters. The highest BCUT2D eigenvalue weighted by molar-refractivity contribution is 6.30. The molecule has 5 nitrogen and oxygen atoms in total. The highest BCUT2D eigenvalue weighted by atomic mass is 35.5. The van der Waals surface area contributed by atoms with Crippen LogP contribution in [0.15, 0.2) is 66.9 Å². The Morgan fingerprint density at radius 1 is 1.03 bits per heavy atom. The van der Waals surface area contributed by atoms with Crippen LogP contribution in [0.1, 0.15) is 54.1 Å². The highest BCUT2D eigenvalue weighted by Crippen LogP contribution is 2.35. The molecule has 0 bridgehead atoms. The average molecular weight is 445 g/mol. The highest BCUT2D eigenvalue weighted by Gasteiger charge is 2.23. The number of nitrogens with one attached hydrogen (secondary N) is 1. The first-order valence-electron chi connectivity index (χ1n) is 11.1. The Kier molecular flexibility index (Phi) is 5.91. The Balaban J connectivity index is 1.39. The van der Waals surface area contributed by atoms with Crippen molar-refractivity contribution in [1.29, 1.82) is 0 Å². The van der Waals surface area contributed by atoms with Crippen LogP contribution >= 0.6 is 11.6 Å². The lowest BCUT2D eigenvalue weighted by atomic mass is 9.95. The van der Waals surface area contributed by atoms with Crippen molar-refractivity contribution in [2.75, 3.05) is 0 Å². The van der Waals surface area contributed by atoms with Gasteiger partial charge >= 0.3 is 0 Å². The summed E-state index contributed by atoms with van der Waals surface area (Å²) in [4.78, 5) is 22.2. The number of fused-ring (bicyclic) bond motifs is 1. The van der Waals surface area contributed by atoms with Gasteiger partial charge in [0.2, 0.25) is 0 Å². The largest absolute Gasteiger partial charge is 0.348 e. The summed E-state index contributed by atoms with van der Waals surface area (Å²) in [6, 6.07) is 19.5. The lowest BCUT2D eigenvalue weighted by Crippen LogP contribution is -2.22. The van der Waals surface area contributed by atoms with Crippen molar-refractivity contribution < 1.29 is 4.79 Å². The molecule has 32 heavy (non-hydrogen) atoms. The summed E-state index contributed by atoms with van der Waals surface area (Å²) in [5.41, 5.74) is 4.44. The maximum Gasteiger partial charge on any atom is 0.251 e. The molecule has 0 aliphatic heterocycles. The van der Waals surface area contributed by atoms with Crippen LogP contribution in [0.5, 0.6) is 0 Å². The van der Waals surface area contributed by atoms with E-state index in [1.54, 1.807) is 0 Å². The van der Waals surface area contributed by atoms with E-state index in [4.69, 9.17) is 16.6 Å². The Hall–Kier alpha value is -3.18. The zero-order valence-electron chi connectivity index (χ0n) is 17.8. The van der Waals surface area contributed by atoms with Gasteiger partial charge in [-0.05, 0) is 54.8 Å². The van der Waals surface area contributed by atoms with Gasteiger partial charge in [-0.2, -0.15) is 0 Å². The molecular formula is C26H25ClN4O. The van der Waals surface area contributed by atoms with Gasteiger partial charge in [-0.1, -0.05) is 55.1 Å². The molecule has 0 saturated heterocycles. The van der Waals surface area contributed by atoms with Crippen LogP contribution < -0.4 is 5.32 Å². The molecule has 4 aromatic rings. The minimum atomic E-state index is -0.112. The number of carbonyl (C=O) groups is 1. The van der Waals surface area contributed by atoms with Gasteiger partial charge in [-0.25, -0.2) is 9.97 Å². The third kappa shape index (κ3) is 4.26. The standard InChI is InChI=1S/C26H25ClN4O/c27-21-7-4-6-18(16-21)17-29-26(32)20-13-11-19(12-14-20)24-30-23-10-5-15-28-25(23)31(24)22-8-2-1-3-9-22/h4-7,10-16,22H,1-3,8-9,17H2,(H,29,32). The fourth-order valence-electron chi connectivity index (χ4n) is 4.52. The van der Waals surface area contributed by atoms with Crippen LogP contribution in [0.2, 0.25) is 5.02 Å². The van der Waals surface area contributed by atoms with Gasteiger partial charge in [0.15, 0.2) is 5.65 Å². The van der Waals surface area contributed by atoms with Gasteiger partial charge < -0.3 is 9.88 Å². The van der Waals surface area contributed by atoms with E-state index in [1.807, 2.05) is 66.9 Å². The first kappa shape index (κ1) is 20.7. The van der Waals surface area contributed by atoms with Crippen LogP contribution in [-0.4, -0.2) is 20.4 Å². The van der Waals surface area contributed by atoms with Crippen molar-refractivity contribution in [2.24, 2.45) is 0 Å². The maximum absolute atomic E-state index is 12.6. The average Bonchev–Trinajstić information content (AvgIpc) is 3.23. The van der Waals surface area contributed by atoms with Crippen molar-refractivity contribution in [3.8, 4) is 11.4 Å². The maximum atomic E-state index is 12.6. The SMILES string of the molecule is O=C(NCc1cccc(Cl)c1)c1ccc(-c2nc3cccnc3n2C2CCCCC2)cc1. The van der Waals surface area contributed by atoms with E-state index in [0.717, 1.165) is 41.0 Å².